The number of hydrogen-bond acceptors (Lipinski definition) is 5. The zero-order chi connectivity index (χ0) is 20.4. The van der Waals surface area contributed by atoms with Gasteiger partial charge in [0.25, 0.3) is 11.6 Å². The average Bonchev–Trinajstić information content (AvgIpc) is 2.74. The van der Waals surface area contributed by atoms with Gasteiger partial charge in [-0.05, 0) is 35.7 Å². The van der Waals surface area contributed by atoms with Crippen LogP contribution in [-0.2, 0) is 17.8 Å². The number of nitro benzene ring substituents is 1. The maximum atomic E-state index is 12.9. The van der Waals surface area contributed by atoms with Gasteiger partial charge in [-0.15, -0.1) is 12.4 Å². The normalized spacial score (nSPS) is 16.3. The molecule has 0 radical (unpaired) electrons. The molecule has 0 saturated carbocycles. The summed E-state index contributed by atoms with van der Waals surface area (Å²) in [6.45, 7) is 3.49. The van der Waals surface area contributed by atoms with Gasteiger partial charge in [-0.25, -0.2) is 0 Å². The van der Waals surface area contributed by atoms with Gasteiger partial charge in [0.2, 0.25) is 5.91 Å². The topological polar surface area (TPSA) is 95.8 Å². The zero-order valence-electron chi connectivity index (χ0n) is 16.4. The molecule has 2 aliphatic rings. The van der Waals surface area contributed by atoms with Gasteiger partial charge in [0, 0.05) is 62.5 Å². The van der Waals surface area contributed by atoms with Gasteiger partial charge in [-0.3, -0.25) is 24.6 Å². The van der Waals surface area contributed by atoms with Crippen LogP contribution in [0.1, 0.15) is 27.9 Å². The van der Waals surface area contributed by atoms with Crippen LogP contribution in [0.15, 0.2) is 42.5 Å². The van der Waals surface area contributed by atoms with Gasteiger partial charge < -0.3 is 10.2 Å². The number of nitrogens with zero attached hydrogens (tertiary/aromatic N) is 3. The third kappa shape index (κ3) is 4.77. The Morgan fingerprint density at radius 1 is 1.03 bits per heavy atom. The SMILES string of the molecule is Cl.O=C1CCc2cc(C(=O)N3CCN(Cc4ccc([N+](=O)[O-])cc4)CC3)ccc2N1. The van der Waals surface area contributed by atoms with Crippen molar-refractivity contribution in [2.45, 2.75) is 19.4 Å². The third-order valence-corrected chi connectivity index (χ3v) is 5.46. The van der Waals surface area contributed by atoms with Crippen LogP contribution in [0.2, 0.25) is 0 Å². The molecule has 30 heavy (non-hydrogen) atoms. The third-order valence-electron chi connectivity index (χ3n) is 5.46. The second-order valence-electron chi connectivity index (χ2n) is 7.41. The highest BCUT2D eigenvalue weighted by Gasteiger charge is 2.24. The first-order valence-electron chi connectivity index (χ1n) is 9.67. The molecule has 2 aromatic carbocycles. The first-order chi connectivity index (χ1) is 14.0. The van der Waals surface area contributed by atoms with Crippen molar-refractivity contribution in [3.8, 4) is 0 Å². The first-order valence-corrected chi connectivity index (χ1v) is 9.67. The molecule has 158 valence electrons. The molecular weight excluding hydrogens is 408 g/mol. The summed E-state index contributed by atoms with van der Waals surface area (Å²) >= 11 is 0. The Hall–Kier alpha value is -2.97. The second-order valence-corrected chi connectivity index (χ2v) is 7.41. The minimum atomic E-state index is -0.400. The summed E-state index contributed by atoms with van der Waals surface area (Å²) in [5.41, 5.74) is 3.57. The molecule has 9 heteroatoms. The maximum Gasteiger partial charge on any atom is 0.269 e. The summed E-state index contributed by atoms with van der Waals surface area (Å²) in [4.78, 5) is 38.8. The lowest BCUT2D eigenvalue weighted by Crippen LogP contribution is -2.48. The van der Waals surface area contributed by atoms with Gasteiger partial charge in [-0.1, -0.05) is 12.1 Å². The summed E-state index contributed by atoms with van der Waals surface area (Å²) in [6, 6.07) is 12.1. The molecule has 2 heterocycles. The zero-order valence-corrected chi connectivity index (χ0v) is 17.2. The predicted octanol–water partition coefficient (Wildman–Crippen LogP) is 2.86. The monoisotopic (exact) mass is 430 g/mol. The molecule has 8 nitrogen and oxygen atoms in total. The van der Waals surface area contributed by atoms with E-state index >= 15 is 0 Å². The highest BCUT2D eigenvalue weighted by molar-refractivity contribution is 5.98. The smallest absolute Gasteiger partial charge is 0.269 e. The summed E-state index contributed by atoms with van der Waals surface area (Å²) < 4.78 is 0. The van der Waals surface area contributed by atoms with Gasteiger partial charge in [-0.2, -0.15) is 0 Å². The Balaban J connectivity index is 0.00000256. The number of halogens is 1. The minimum absolute atomic E-state index is 0. The van der Waals surface area contributed by atoms with Crippen molar-refractivity contribution in [2.75, 3.05) is 31.5 Å². The van der Waals surface area contributed by atoms with Crippen LogP contribution < -0.4 is 5.32 Å². The van der Waals surface area contributed by atoms with Crippen molar-refractivity contribution in [3.05, 3.63) is 69.3 Å². The number of rotatable bonds is 4. The predicted molar refractivity (Wildman–Crippen MR) is 115 cm³/mol. The van der Waals surface area contributed by atoms with Crippen molar-refractivity contribution in [3.63, 3.8) is 0 Å². The number of hydrogen-bond donors (Lipinski definition) is 1. The van der Waals surface area contributed by atoms with Gasteiger partial charge in [0.15, 0.2) is 0 Å². The van der Waals surface area contributed by atoms with E-state index in [-0.39, 0.29) is 29.9 Å². The molecule has 0 bridgehead atoms. The number of nitrogens with one attached hydrogen (secondary N) is 1. The summed E-state index contributed by atoms with van der Waals surface area (Å²) in [5.74, 6) is 0.0282. The Bertz CT molecular complexity index is 956. The lowest BCUT2D eigenvalue weighted by atomic mass is 10.00. The van der Waals surface area contributed by atoms with Gasteiger partial charge >= 0.3 is 0 Å². The number of carbonyl (C=O) groups excluding carboxylic acids is 2. The average molecular weight is 431 g/mol. The molecule has 0 aliphatic carbocycles. The molecule has 0 spiro atoms. The van der Waals surface area contributed by atoms with Crippen LogP contribution in [0.5, 0.6) is 0 Å². The van der Waals surface area contributed by atoms with Crippen LogP contribution in [-0.4, -0.2) is 52.7 Å². The highest BCUT2D eigenvalue weighted by atomic mass is 35.5. The largest absolute Gasteiger partial charge is 0.336 e. The van der Waals surface area contributed by atoms with Crippen LogP contribution in [0, 0.1) is 10.1 Å². The lowest BCUT2D eigenvalue weighted by Gasteiger charge is -2.35. The molecule has 0 unspecified atom stereocenters. The number of non-ortho nitro benzene ring substituents is 1. The fourth-order valence-electron chi connectivity index (χ4n) is 3.79. The molecule has 0 atom stereocenters. The Labute approximate surface area is 180 Å². The van der Waals surface area contributed by atoms with Crippen molar-refractivity contribution >= 4 is 35.6 Å². The molecule has 1 saturated heterocycles. The minimum Gasteiger partial charge on any atom is -0.336 e. The van der Waals surface area contributed by atoms with E-state index in [1.807, 2.05) is 17.0 Å². The van der Waals surface area contributed by atoms with Gasteiger partial charge in [0.1, 0.15) is 0 Å². The molecule has 2 aliphatic heterocycles. The number of fused-ring (bicyclic) bond motifs is 1. The van der Waals surface area contributed by atoms with Crippen molar-refractivity contribution in [1.82, 2.24) is 9.80 Å². The fourth-order valence-corrected chi connectivity index (χ4v) is 3.79. The lowest BCUT2D eigenvalue weighted by molar-refractivity contribution is -0.384. The molecule has 2 amide bonds. The van der Waals surface area contributed by atoms with E-state index in [1.165, 1.54) is 12.1 Å². The van der Waals surface area contributed by atoms with Crippen molar-refractivity contribution in [1.29, 1.82) is 0 Å². The second kappa shape index (κ2) is 9.23. The molecule has 0 aromatic heterocycles. The number of anilines is 1. The number of aryl methyl sites for hydroxylation is 1. The summed E-state index contributed by atoms with van der Waals surface area (Å²) in [7, 11) is 0. The molecule has 2 aromatic rings. The van der Waals surface area contributed by atoms with Crippen molar-refractivity contribution in [2.24, 2.45) is 0 Å². The van der Waals surface area contributed by atoms with E-state index in [2.05, 4.69) is 10.2 Å². The van der Waals surface area contributed by atoms with E-state index in [1.54, 1.807) is 18.2 Å². The Kier molecular flexibility index (Phi) is 6.69. The first kappa shape index (κ1) is 21.7. The van der Waals surface area contributed by atoms with Crippen LogP contribution in [0.3, 0.4) is 0 Å². The number of benzene rings is 2. The fraction of sp³-hybridized carbons (Fsp3) is 0.333. The Morgan fingerprint density at radius 3 is 2.40 bits per heavy atom. The standard InChI is InChI=1S/C21H22N4O4.ClH/c26-20-8-4-16-13-17(3-7-19(16)22-20)21(27)24-11-9-23(10-12-24)14-15-1-5-18(6-2-15)25(28)29;/h1-3,5-7,13H,4,8-12,14H2,(H,22,26);1H. The maximum absolute atomic E-state index is 12.9. The molecule has 4 rings (SSSR count). The quantitative estimate of drug-likeness (QED) is 0.594. The molecule has 1 fully saturated rings. The van der Waals surface area contributed by atoms with Gasteiger partial charge in [0.05, 0.1) is 4.92 Å². The summed E-state index contributed by atoms with van der Waals surface area (Å²) in [5, 5.41) is 13.6. The summed E-state index contributed by atoms with van der Waals surface area (Å²) in [6.07, 6.45) is 1.11. The van der Waals surface area contributed by atoms with Crippen LogP contribution in [0.25, 0.3) is 0 Å². The highest BCUT2D eigenvalue weighted by Crippen LogP contribution is 2.24. The van der Waals surface area contributed by atoms with E-state index in [4.69, 9.17) is 0 Å². The number of piperazine rings is 1. The number of amides is 2. The van der Waals surface area contributed by atoms with Crippen LogP contribution >= 0.6 is 12.4 Å². The molecule has 1 N–H and O–H groups in total. The Morgan fingerprint density at radius 2 is 1.73 bits per heavy atom. The van der Waals surface area contributed by atoms with Crippen LogP contribution in [0.4, 0.5) is 11.4 Å². The molecular formula is C21H23ClN4O4. The number of nitro groups is 1. The van der Waals surface area contributed by atoms with E-state index in [9.17, 15) is 19.7 Å². The van der Waals surface area contributed by atoms with Crippen molar-refractivity contribution < 1.29 is 14.5 Å². The number of carbonyl (C=O) groups is 2. The van der Waals surface area contributed by atoms with E-state index in [0.29, 0.717) is 38.0 Å². The van der Waals surface area contributed by atoms with E-state index < -0.39 is 4.92 Å². The van der Waals surface area contributed by atoms with E-state index in [0.717, 1.165) is 29.9 Å².